The first-order valence-corrected chi connectivity index (χ1v) is 9.33. The van der Waals surface area contributed by atoms with Gasteiger partial charge in [-0.05, 0) is 36.8 Å². The summed E-state index contributed by atoms with van der Waals surface area (Å²) in [5.41, 5.74) is 5.76. The number of hydrogen-bond donors (Lipinski definition) is 0. The molecule has 0 atom stereocenters. The topological polar surface area (TPSA) is 11.3 Å². The standard InChI is InChI=1S/C24H19O.BF4/c1-18-12-14-19(15-13-18)22-16-23(20-8-4-2-5-9-20)25-24(17-22)21-10-6-3-7-11-21;2-1(3,4)5/h2-17H,1H3;/q+1;-1. The maximum atomic E-state index is 9.75. The Morgan fingerprint density at radius 1 is 0.533 bits per heavy atom. The molecule has 3 aromatic carbocycles. The van der Waals surface area contributed by atoms with Gasteiger partial charge in [-0.15, -0.1) is 0 Å². The Morgan fingerprint density at radius 3 is 1.33 bits per heavy atom. The molecule has 0 N–H and O–H groups in total. The van der Waals surface area contributed by atoms with Gasteiger partial charge in [0.15, 0.2) is 0 Å². The molecule has 1 aromatic heterocycles. The van der Waals surface area contributed by atoms with Gasteiger partial charge in [0, 0.05) is 5.56 Å². The van der Waals surface area contributed by atoms with Crippen LogP contribution in [0.15, 0.2) is 101 Å². The molecular weight excluding hydrogens is 391 g/mol. The average molecular weight is 410 g/mol. The first-order valence-electron chi connectivity index (χ1n) is 9.33. The van der Waals surface area contributed by atoms with Crippen LogP contribution in [0.3, 0.4) is 0 Å². The van der Waals surface area contributed by atoms with Crippen molar-refractivity contribution in [3.8, 4) is 33.8 Å². The van der Waals surface area contributed by atoms with Gasteiger partial charge < -0.3 is 17.3 Å². The second kappa shape index (κ2) is 9.40. The summed E-state index contributed by atoms with van der Waals surface area (Å²) in [6.45, 7) is 2.11. The van der Waals surface area contributed by atoms with E-state index in [-0.39, 0.29) is 0 Å². The molecule has 0 aliphatic rings. The molecule has 4 rings (SSSR count). The molecule has 0 saturated carbocycles. The molecule has 6 heteroatoms. The third-order valence-corrected chi connectivity index (χ3v) is 4.29. The van der Waals surface area contributed by atoms with Gasteiger partial charge in [-0.25, -0.2) is 4.42 Å². The highest BCUT2D eigenvalue weighted by Gasteiger charge is 2.21. The van der Waals surface area contributed by atoms with Gasteiger partial charge in [0.05, 0.1) is 23.3 Å². The van der Waals surface area contributed by atoms with Crippen molar-refractivity contribution in [1.82, 2.24) is 0 Å². The van der Waals surface area contributed by atoms with Crippen LogP contribution >= 0.6 is 0 Å². The summed E-state index contributed by atoms with van der Waals surface area (Å²) in [6, 6.07) is 33.3. The Bertz CT molecular complexity index is 1020. The predicted octanol–water partition coefficient (Wildman–Crippen LogP) is 8.17. The van der Waals surface area contributed by atoms with E-state index in [4.69, 9.17) is 4.42 Å². The maximum Gasteiger partial charge on any atom is 0.673 e. The van der Waals surface area contributed by atoms with E-state index in [1.807, 2.05) is 36.4 Å². The molecule has 0 aliphatic carbocycles. The van der Waals surface area contributed by atoms with Crippen molar-refractivity contribution in [1.29, 1.82) is 0 Å². The van der Waals surface area contributed by atoms with Crippen LogP contribution in [0.25, 0.3) is 33.8 Å². The number of hydrogen-bond acceptors (Lipinski definition) is 0. The Kier molecular flexibility index (Phi) is 6.67. The predicted molar refractivity (Wildman–Crippen MR) is 114 cm³/mol. The van der Waals surface area contributed by atoms with Crippen molar-refractivity contribution in [2.75, 3.05) is 0 Å². The van der Waals surface area contributed by atoms with E-state index < -0.39 is 7.25 Å². The second-order valence-electron chi connectivity index (χ2n) is 6.67. The van der Waals surface area contributed by atoms with Crippen LogP contribution in [0.5, 0.6) is 0 Å². The van der Waals surface area contributed by atoms with Crippen molar-refractivity contribution in [2.24, 2.45) is 0 Å². The summed E-state index contributed by atoms with van der Waals surface area (Å²) < 4.78 is 45.2. The van der Waals surface area contributed by atoms with Gasteiger partial charge >= 0.3 is 18.8 Å². The summed E-state index contributed by atoms with van der Waals surface area (Å²) in [4.78, 5) is 0. The quantitative estimate of drug-likeness (QED) is 0.188. The van der Waals surface area contributed by atoms with Gasteiger partial charge in [0.2, 0.25) is 0 Å². The highest BCUT2D eigenvalue weighted by molar-refractivity contribution is 6.50. The lowest BCUT2D eigenvalue weighted by molar-refractivity contribution is 0.368. The zero-order valence-corrected chi connectivity index (χ0v) is 16.2. The molecular formula is C24H19BF4O. The lowest BCUT2D eigenvalue weighted by Crippen LogP contribution is -2.02. The van der Waals surface area contributed by atoms with Crippen molar-refractivity contribution in [3.05, 3.63) is 103 Å². The van der Waals surface area contributed by atoms with E-state index >= 15 is 0 Å². The zero-order chi connectivity index (χ0) is 21.6. The minimum Gasteiger partial charge on any atom is -0.418 e. The van der Waals surface area contributed by atoms with Gasteiger partial charge in [0.1, 0.15) is 0 Å². The molecule has 0 saturated heterocycles. The summed E-state index contributed by atoms with van der Waals surface area (Å²) in [5, 5.41) is 0. The van der Waals surface area contributed by atoms with Crippen LogP contribution < -0.4 is 0 Å². The third kappa shape index (κ3) is 6.31. The molecule has 0 fully saturated rings. The van der Waals surface area contributed by atoms with Gasteiger partial charge in [-0.2, -0.15) is 0 Å². The number of benzene rings is 3. The molecule has 0 bridgehead atoms. The molecule has 152 valence electrons. The normalized spacial score (nSPS) is 10.8. The lowest BCUT2D eigenvalue weighted by atomic mass is 10.0. The van der Waals surface area contributed by atoms with Crippen molar-refractivity contribution in [3.63, 3.8) is 0 Å². The molecule has 0 amide bonds. The summed E-state index contributed by atoms with van der Waals surface area (Å²) >= 11 is 0. The van der Waals surface area contributed by atoms with Crippen LogP contribution in [0, 0.1) is 6.92 Å². The molecule has 1 nitrogen and oxygen atoms in total. The van der Waals surface area contributed by atoms with Crippen molar-refractivity contribution in [2.45, 2.75) is 6.92 Å². The highest BCUT2D eigenvalue weighted by atomic mass is 19.5. The van der Waals surface area contributed by atoms with E-state index in [1.54, 1.807) is 0 Å². The molecule has 0 aliphatic heterocycles. The van der Waals surface area contributed by atoms with E-state index in [9.17, 15) is 17.3 Å². The minimum absolute atomic E-state index is 0.873. The molecule has 0 radical (unpaired) electrons. The molecule has 1 heterocycles. The average Bonchev–Trinajstić information content (AvgIpc) is 2.74. The maximum absolute atomic E-state index is 9.75. The monoisotopic (exact) mass is 410 g/mol. The van der Waals surface area contributed by atoms with Crippen LogP contribution in [-0.2, 0) is 0 Å². The third-order valence-electron chi connectivity index (χ3n) is 4.29. The Morgan fingerprint density at radius 2 is 0.933 bits per heavy atom. The van der Waals surface area contributed by atoms with Gasteiger partial charge in [0.25, 0.3) is 0 Å². The van der Waals surface area contributed by atoms with E-state index in [0.717, 1.165) is 28.2 Å². The number of halogens is 4. The Labute approximate surface area is 172 Å². The zero-order valence-electron chi connectivity index (χ0n) is 16.2. The second-order valence-corrected chi connectivity index (χ2v) is 6.67. The van der Waals surface area contributed by atoms with Crippen LogP contribution in [0.4, 0.5) is 17.3 Å². The fourth-order valence-corrected chi connectivity index (χ4v) is 2.90. The van der Waals surface area contributed by atoms with Crippen LogP contribution in [0.1, 0.15) is 5.56 Å². The summed E-state index contributed by atoms with van der Waals surface area (Å²) in [7, 11) is -6.00. The smallest absolute Gasteiger partial charge is 0.418 e. The van der Waals surface area contributed by atoms with E-state index in [0.29, 0.717) is 0 Å². The van der Waals surface area contributed by atoms with Crippen molar-refractivity contribution < 1.29 is 21.7 Å². The first kappa shape index (κ1) is 21.3. The van der Waals surface area contributed by atoms with Crippen LogP contribution in [-0.4, -0.2) is 7.25 Å². The van der Waals surface area contributed by atoms with Gasteiger partial charge in [-0.1, -0.05) is 66.2 Å². The molecule has 0 unspecified atom stereocenters. The highest BCUT2D eigenvalue weighted by Crippen LogP contribution is 2.32. The fraction of sp³-hybridized carbons (Fsp3) is 0.0417. The Hall–Kier alpha value is -3.41. The summed E-state index contributed by atoms with van der Waals surface area (Å²) in [6.07, 6.45) is 0. The van der Waals surface area contributed by atoms with Crippen LogP contribution in [0.2, 0.25) is 0 Å². The largest absolute Gasteiger partial charge is 0.673 e. The molecule has 0 spiro atoms. The molecule has 30 heavy (non-hydrogen) atoms. The summed E-state index contributed by atoms with van der Waals surface area (Å²) in [5.74, 6) is 1.75. The van der Waals surface area contributed by atoms with E-state index in [1.165, 1.54) is 11.1 Å². The minimum atomic E-state index is -6.00. The number of aryl methyl sites for hydroxylation is 1. The first-order chi connectivity index (χ1) is 14.3. The molecule has 4 aromatic rings. The fourth-order valence-electron chi connectivity index (χ4n) is 2.90. The van der Waals surface area contributed by atoms with Gasteiger partial charge in [-0.3, -0.25) is 0 Å². The Balaban J connectivity index is 0.000000461. The van der Waals surface area contributed by atoms with Crippen molar-refractivity contribution >= 4 is 7.25 Å². The SMILES string of the molecule is Cc1ccc(-c2cc(-c3ccccc3)[o+]c(-c3ccccc3)c2)cc1.F[B-](F)(F)F. The lowest BCUT2D eigenvalue weighted by Gasteiger charge is -2.03. The number of rotatable bonds is 3. The van der Waals surface area contributed by atoms with E-state index in [2.05, 4.69) is 67.6 Å².